The average molecular weight is 449 g/mol. The van der Waals surface area contributed by atoms with Crippen LogP contribution in [-0.2, 0) is 0 Å². The highest BCUT2D eigenvalue weighted by atomic mass is 19.1. The predicted octanol–water partition coefficient (Wildman–Crippen LogP) is 3.60. The van der Waals surface area contributed by atoms with Crippen LogP contribution in [0.4, 0.5) is 33.2 Å². The van der Waals surface area contributed by atoms with Gasteiger partial charge in [-0.3, -0.25) is 4.98 Å². The van der Waals surface area contributed by atoms with Gasteiger partial charge in [0.25, 0.3) is 0 Å². The van der Waals surface area contributed by atoms with Crippen molar-refractivity contribution < 1.29 is 8.81 Å². The Balaban J connectivity index is 1.33. The molecular formula is C23H24FN7O2. The number of oxazole rings is 1. The molecule has 0 bridgehead atoms. The molecule has 1 saturated heterocycles. The number of H-pyrrole nitrogens is 1. The summed E-state index contributed by atoms with van der Waals surface area (Å²) in [6, 6.07) is 10.3. The van der Waals surface area contributed by atoms with Gasteiger partial charge in [-0.2, -0.15) is 4.98 Å². The van der Waals surface area contributed by atoms with Gasteiger partial charge in [-0.25, -0.2) is 14.2 Å². The van der Waals surface area contributed by atoms with E-state index in [2.05, 4.69) is 42.4 Å². The van der Waals surface area contributed by atoms with Crippen LogP contribution in [0.5, 0.6) is 0 Å². The van der Waals surface area contributed by atoms with Crippen molar-refractivity contribution in [1.82, 2.24) is 19.9 Å². The van der Waals surface area contributed by atoms with Crippen LogP contribution in [-0.4, -0.2) is 53.1 Å². The van der Waals surface area contributed by atoms with E-state index < -0.39 is 5.76 Å². The van der Waals surface area contributed by atoms with Crippen LogP contribution in [0.2, 0.25) is 0 Å². The molecule has 0 spiro atoms. The second-order valence-electron chi connectivity index (χ2n) is 8.16. The van der Waals surface area contributed by atoms with Crippen molar-refractivity contribution in [3.63, 3.8) is 0 Å². The lowest BCUT2D eigenvalue weighted by Gasteiger charge is -2.34. The quantitative estimate of drug-likeness (QED) is 0.425. The number of hydrogen-bond acceptors (Lipinski definition) is 8. The van der Waals surface area contributed by atoms with Crippen LogP contribution in [0.3, 0.4) is 0 Å². The molecule has 10 heteroatoms. The maximum atomic E-state index is 14.8. The number of nitrogens with one attached hydrogen (secondary N) is 3. The number of nitrogens with zero attached hydrogens (tertiary/aromatic N) is 4. The lowest BCUT2D eigenvalue weighted by atomic mass is 10.2. The maximum absolute atomic E-state index is 14.8. The minimum Gasteiger partial charge on any atom is -0.408 e. The van der Waals surface area contributed by atoms with Crippen LogP contribution in [0.25, 0.3) is 11.1 Å². The molecule has 0 amide bonds. The summed E-state index contributed by atoms with van der Waals surface area (Å²) in [5.41, 5.74) is 3.80. The van der Waals surface area contributed by atoms with Crippen molar-refractivity contribution in [2.75, 3.05) is 48.8 Å². The van der Waals surface area contributed by atoms with Crippen LogP contribution >= 0.6 is 0 Å². The molecule has 2 aromatic heterocycles. The first kappa shape index (κ1) is 21.0. The number of aromatic nitrogens is 3. The van der Waals surface area contributed by atoms with E-state index in [1.165, 1.54) is 6.07 Å². The average Bonchev–Trinajstić information content (AvgIpc) is 3.16. The van der Waals surface area contributed by atoms with Gasteiger partial charge in [0, 0.05) is 49.3 Å². The highest BCUT2D eigenvalue weighted by Crippen LogP contribution is 2.26. The SMILES string of the molecule is Cc1cnc(Nc2ccc(N3CCN(C)CC3)c(F)c2)nc1Nc1ccc2oc(=O)[nH]c2c1. The molecule has 3 heterocycles. The third kappa shape index (κ3) is 4.51. The van der Waals surface area contributed by atoms with Crippen molar-refractivity contribution in [2.24, 2.45) is 0 Å². The minimum absolute atomic E-state index is 0.280. The molecule has 1 aliphatic heterocycles. The van der Waals surface area contributed by atoms with Gasteiger partial charge in [-0.05, 0) is 50.4 Å². The van der Waals surface area contributed by atoms with E-state index in [0.717, 1.165) is 37.4 Å². The zero-order valence-corrected chi connectivity index (χ0v) is 18.4. The number of aromatic amines is 1. The summed E-state index contributed by atoms with van der Waals surface area (Å²) in [5, 5.41) is 6.30. The topological polar surface area (TPSA) is 102 Å². The highest BCUT2D eigenvalue weighted by Gasteiger charge is 2.17. The number of hydrogen-bond donors (Lipinski definition) is 3. The molecule has 9 nitrogen and oxygen atoms in total. The van der Waals surface area contributed by atoms with Crippen LogP contribution in [0, 0.1) is 12.7 Å². The first-order valence-corrected chi connectivity index (χ1v) is 10.7. The van der Waals surface area contributed by atoms with Gasteiger partial charge < -0.3 is 24.9 Å². The monoisotopic (exact) mass is 449 g/mol. The summed E-state index contributed by atoms with van der Waals surface area (Å²) >= 11 is 0. The lowest BCUT2D eigenvalue weighted by molar-refractivity contribution is 0.311. The number of piperazine rings is 1. The van der Waals surface area contributed by atoms with E-state index >= 15 is 0 Å². The van der Waals surface area contributed by atoms with Gasteiger partial charge >= 0.3 is 5.76 Å². The molecule has 33 heavy (non-hydrogen) atoms. The molecule has 170 valence electrons. The summed E-state index contributed by atoms with van der Waals surface area (Å²) in [5.74, 6) is 0.148. The molecule has 2 aromatic carbocycles. The van der Waals surface area contributed by atoms with E-state index in [0.29, 0.717) is 34.2 Å². The Morgan fingerprint density at radius 2 is 1.82 bits per heavy atom. The second-order valence-corrected chi connectivity index (χ2v) is 8.16. The molecule has 4 aromatic rings. The van der Waals surface area contributed by atoms with E-state index in [-0.39, 0.29) is 5.82 Å². The van der Waals surface area contributed by atoms with E-state index in [9.17, 15) is 9.18 Å². The van der Waals surface area contributed by atoms with Crippen LogP contribution in [0.1, 0.15) is 5.56 Å². The molecule has 1 fully saturated rings. The third-order valence-corrected chi connectivity index (χ3v) is 5.70. The van der Waals surface area contributed by atoms with Crippen molar-refractivity contribution in [2.45, 2.75) is 6.92 Å². The molecule has 3 N–H and O–H groups in total. The van der Waals surface area contributed by atoms with Crippen molar-refractivity contribution >= 4 is 39.9 Å². The number of aryl methyl sites for hydroxylation is 1. The molecule has 0 atom stereocenters. The summed E-state index contributed by atoms with van der Waals surface area (Å²) in [6.07, 6.45) is 1.69. The maximum Gasteiger partial charge on any atom is 0.417 e. The Labute approximate surface area is 189 Å². The number of rotatable bonds is 5. The van der Waals surface area contributed by atoms with Gasteiger partial charge in [0.05, 0.1) is 11.2 Å². The lowest BCUT2D eigenvalue weighted by Crippen LogP contribution is -2.44. The van der Waals surface area contributed by atoms with Crippen molar-refractivity contribution in [3.05, 3.63) is 64.5 Å². The number of halogens is 1. The first-order valence-electron chi connectivity index (χ1n) is 10.7. The zero-order valence-electron chi connectivity index (χ0n) is 18.4. The minimum atomic E-state index is -0.502. The number of likely N-dealkylation sites (N-methyl/N-ethyl adjacent to an activating group) is 1. The van der Waals surface area contributed by atoms with Crippen LogP contribution < -0.4 is 21.3 Å². The summed E-state index contributed by atoms with van der Waals surface area (Å²) in [6.45, 7) is 5.31. The van der Waals surface area contributed by atoms with Gasteiger partial charge in [-0.15, -0.1) is 0 Å². The fraction of sp³-hybridized carbons (Fsp3) is 0.261. The van der Waals surface area contributed by atoms with Gasteiger partial charge in [-0.1, -0.05) is 0 Å². The molecule has 0 radical (unpaired) electrons. The Morgan fingerprint density at radius 1 is 1.06 bits per heavy atom. The number of benzene rings is 2. The normalized spacial score (nSPS) is 14.6. The molecule has 5 rings (SSSR count). The highest BCUT2D eigenvalue weighted by molar-refractivity contribution is 5.78. The van der Waals surface area contributed by atoms with Gasteiger partial charge in [0.1, 0.15) is 11.6 Å². The standard InChI is InChI=1S/C23H24FN7O2/c1-14-13-25-22(29-21(14)26-16-4-6-20-18(12-16)28-23(32)33-20)27-15-3-5-19(17(24)11-15)31-9-7-30(2)8-10-31/h3-6,11-13H,7-10H2,1-2H3,(H,28,32)(H2,25,26,27,29). The Morgan fingerprint density at radius 3 is 2.61 bits per heavy atom. The summed E-state index contributed by atoms with van der Waals surface area (Å²) in [7, 11) is 2.07. The van der Waals surface area contributed by atoms with E-state index in [1.54, 1.807) is 30.5 Å². The number of fused-ring (bicyclic) bond motifs is 1. The zero-order chi connectivity index (χ0) is 22.9. The second kappa shape index (κ2) is 8.55. The summed E-state index contributed by atoms with van der Waals surface area (Å²) < 4.78 is 19.8. The Kier molecular flexibility index (Phi) is 5.43. The van der Waals surface area contributed by atoms with Gasteiger partial charge in [0.15, 0.2) is 5.58 Å². The van der Waals surface area contributed by atoms with Gasteiger partial charge in [0.2, 0.25) is 5.95 Å². The predicted molar refractivity (Wildman–Crippen MR) is 126 cm³/mol. The number of anilines is 5. The smallest absolute Gasteiger partial charge is 0.408 e. The van der Waals surface area contributed by atoms with E-state index in [4.69, 9.17) is 4.42 Å². The Hall–Kier alpha value is -3.92. The van der Waals surface area contributed by atoms with Crippen molar-refractivity contribution in [1.29, 1.82) is 0 Å². The Bertz CT molecular complexity index is 1360. The molecule has 1 aliphatic rings. The molecular weight excluding hydrogens is 425 g/mol. The molecule has 0 unspecified atom stereocenters. The third-order valence-electron chi connectivity index (χ3n) is 5.70. The van der Waals surface area contributed by atoms with E-state index in [1.807, 2.05) is 13.0 Å². The van der Waals surface area contributed by atoms with Crippen LogP contribution in [0.15, 0.2) is 51.8 Å². The first-order chi connectivity index (χ1) is 15.9. The molecule has 0 aliphatic carbocycles. The fourth-order valence-electron chi connectivity index (χ4n) is 3.81. The van der Waals surface area contributed by atoms with Crippen molar-refractivity contribution in [3.8, 4) is 0 Å². The summed E-state index contributed by atoms with van der Waals surface area (Å²) in [4.78, 5) is 27.2. The fourth-order valence-corrected chi connectivity index (χ4v) is 3.81. The largest absolute Gasteiger partial charge is 0.417 e. The molecule has 0 saturated carbocycles.